The summed E-state index contributed by atoms with van der Waals surface area (Å²) in [5.41, 5.74) is 0.981. The van der Waals surface area contributed by atoms with Crippen LogP contribution in [-0.4, -0.2) is 17.6 Å². The average Bonchev–Trinajstić information content (AvgIpc) is 2.40. The van der Waals surface area contributed by atoms with E-state index < -0.39 is 0 Å². The minimum Gasteiger partial charge on any atom is -0.352 e. The first-order valence-corrected chi connectivity index (χ1v) is 7.64. The van der Waals surface area contributed by atoms with E-state index in [1.165, 1.54) is 32.1 Å². The van der Waals surface area contributed by atoms with E-state index in [4.69, 9.17) is 23.2 Å². The fourth-order valence-electron chi connectivity index (χ4n) is 2.67. The van der Waals surface area contributed by atoms with Crippen LogP contribution in [0.2, 0.25) is 5.02 Å². The van der Waals surface area contributed by atoms with Gasteiger partial charge in [0.05, 0.1) is 5.02 Å². The number of alkyl halides is 1. The van der Waals surface area contributed by atoms with Crippen LogP contribution < -0.4 is 4.90 Å². The molecule has 4 heteroatoms. The van der Waals surface area contributed by atoms with Crippen molar-refractivity contribution < 1.29 is 0 Å². The van der Waals surface area contributed by atoms with Crippen molar-refractivity contribution in [2.45, 2.75) is 50.9 Å². The molecule has 2 nitrogen and oxygen atoms in total. The maximum atomic E-state index is 6.34. The maximum Gasteiger partial charge on any atom is 0.147 e. The molecule has 2 heterocycles. The molecule has 100 valence electrons. The van der Waals surface area contributed by atoms with E-state index in [-0.39, 0.29) is 0 Å². The first-order chi connectivity index (χ1) is 8.76. The summed E-state index contributed by atoms with van der Waals surface area (Å²) >= 11 is 12.1. The minimum absolute atomic E-state index is 0.464. The number of halogens is 2. The summed E-state index contributed by atoms with van der Waals surface area (Å²) in [4.78, 5) is 6.90. The Morgan fingerprint density at radius 1 is 1.44 bits per heavy atom. The highest BCUT2D eigenvalue weighted by atomic mass is 35.5. The number of aromatic nitrogens is 1. The lowest BCUT2D eigenvalue weighted by Crippen LogP contribution is -2.40. The Balaban J connectivity index is 2.22. The quantitative estimate of drug-likeness (QED) is 0.750. The van der Waals surface area contributed by atoms with Crippen molar-refractivity contribution in [2.24, 2.45) is 0 Å². The Bertz CT molecular complexity index is 393. The molecule has 1 aromatic heterocycles. The molecule has 0 bridgehead atoms. The Kier molecular flexibility index (Phi) is 5.13. The lowest BCUT2D eigenvalue weighted by molar-refractivity contribution is 0.432. The Morgan fingerprint density at radius 2 is 2.28 bits per heavy atom. The summed E-state index contributed by atoms with van der Waals surface area (Å²) in [6.07, 6.45) is 8.07. The van der Waals surface area contributed by atoms with Gasteiger partial charge in [-0.3, -0.25) is 0 Å². The number of rotatable bonds is 4. The molecule has 1 atom stereocenters. The van der Waals surface area contributed by atoms with Crippen molar-refractivity contribution in [3.8, 4) is 0 Å². The summed E-state index contributed by atoms with van der Waals surface area (Å²) in [5, 5.41) is 0.733. The summed E-state index contributed by atoms with van der Waals surface area (Å²) in [7, 11) is 0. The molecular formula is C14H20Cl2N2. The lowest BCUT2D eigenvalue weighted by atomic mass is 9.98. The molecule has 0 amide bonds. The topological polar surface area (TPSA) is 16.1 Å². The zero-order chi connectivity index (χ0) is 13.0. The van der Waals surface area contributed by atoms with Gasteiger partial charge in [0.25, 0.3) is 0 Å². The molecule has 18 heavy (non-hydrogen) atoms. The number of piperidine rings is 1. The molecule has 1 aromatic rings. The van der Waals surface area contributed by atoms with Gasteiger partial charge in [-0.2, -0.15) is 0 Å². The van der Waals surface area contributed by atoms with Crippen LogP contribution in [0, 0.1) is 0 Å². The van der Waals surface area contributed by atoms with Crippen LogP contribution in [0.5, 0.6) is 0 Å². The van der Waals surface area contributed by atoms with Crippen LogP contribution in [0.15, 0.2) is 12.3 Å². The first-order valence-electron chi connectivity index (χ1n) is 6.73. The highest BCUT2D eigenvalue weighted by Gasteiger charge is 2.24. The zero-order valence-corrected chi connectivity index (χ0v) is 12.3. The highest BCUT2D eigenvalue weighted by molar-refractivity contribution is 6.33. The molecule has 0 radical (unpaired) electrons. The molecule has 0 aliphatic carbocycles. The average molecular weight is 287 g/mol. The molecule has 0 saturated carbocycles. The van der Waals surface area contributed by atoms with E-state index in [1.807, 2.05) is 12.3 Å². The number of nitrogens with zero attached hydrogens (tertiary/aromatic N) is 2. The van der Waals surface area contributed by atoms with Gasteiger partial charge < -0.3 is 4.90 Å². The van der Waals surface area contributed by atoms with Gasteiger partial charge in [0, 0.05) is 24.7 Å². The van der Waals surface area contributed by atoms with Crippen LogP contribution in [0.3, 0.4) is 0 Å². The molecule has 1 saturated heterocycles. The van der Waals surface area contributed by atoms with Crippen molar-refractivity contribution in [2.75, 3.05) is 11.4 Å². The normalized spacial score (nSPS) is 20.2. The predicted octanol–water partition coefficient (Wildman–Crippen LogP) is 4.63. The predicted molar refractivity (Wildman–Crippen MR) is 78.7 cm³/mol. The van der Waals surface area contributed by atoms with E-state index in [0.29, 0.717) is 11.9 Å². The molecule has 0 aromatic carbocycles. The monoisotopic (exact) mass is 286 g/mol. The first kappa shape index (κ1) is 14.0. The Morgan fingerprint density at radius 3 is 2.94 bits per heavy atom. The number of hydrogen-bond acceptors (Lipinski definition) is 2. The van der Waals surface area contributed by atoms with Gasteiger partial charge >= 0.3 is 0 Å². The third-order valence-corrected chi connectivity index (χ3v) is 4.14. The Hall–Kier alpha value is -0.470. The van der Waals surface area contributed by atoms with Crippen LogP contribution in [0.25, 0.3) is 0 Å². The minimum atomic E-state index is 0.464. The van der Waals surface area contributed by atoms with Gasteiger partial charge in [-0.15, -0.1) is 11.6 Å². The number of anilines is 1. The van der Waals surface area contributed by atoms with Crippen LogP contribution in [0.1, 0.15) is 44.6 Å². The van der Waals surface area contributed by atoms with Crippen molar-refractivity contribution in [1.82, 2.24) is 4.98 Å². The molecule has 1 unspecified atom stereocenters. The SMILES string of the molecule is CCCC1CCCCN1c1ncc(CCl)cc1Cl. The van der Waals surface area contributed by atoms with Gasteiger partial charge in [0.15, 0.2) is 0 Å². The third kappa shape index (κ3) is 3.10. The molecule has 0 N–H and O–H groups in total. The second-order valence-electron chi connectivity index (χ2n) is 4.91. The van der Waals surface area contributed by atoms with Gasteiger partial charge in [0.1, 0.15) is 5.82 Å². The van der Waals surface area contributed by atoms with Crippen molar-refractivity contribution in [1.29, 1.82) is 0 Å². The van der Waals surface area contributed by atoms with Gasteiger partial charge in [-0.1, -0.05) is 24.9 Å². The van der Waals surface area contributed by atoms with Crippen molar-refractivity contribution >= 4 is 29.0 Å². The molecule has 1 fully saturated rings. The molecule has 0 spiro atoms. The van der Waals surface area contributed by atoms with E-state index >= 15 is 0 Å². The van der Waals surface area contributed by atoms with Crippen molar-refractivity contribution in [3.63, 3.8) is 0 Å². The summed E-state index contributed by atoms with van der Waals surface area (Å²) in [6, 6.07) is 2.53. The standard InChI is InChI=1S/C14H20Cl2N2/c1-2-5-12-6-3-4-7-18(12)14-13(16)8-11(9-15)10-17-14/h8,10,12H,2-7,9H2,1H3. The van der Waals surface area contributed by atoms with Crippen LogP contribution >= 0.6 is 23.2 Å². The Labute approximate surface area is 119 Å². The second kappa shape index (κ2) is 6.63. The third-order valence-electron chi connectivity index (χ3n) is 3.55. The summed E-state index contributed by atoms with van der Waals surface area (Å²) < 4.78 is 0. The fourth-order valence-corrected chi connectivity index (χ4v) is 3.11. The van der Waals surface area contributed by atoms with Gasteiger partial charge in [-0.05, 0) is 37.3 Å². The molecule has 1 aliphatic rings. The summed E-state index contributed by atoms with van der Waals surface area (Å²) in [6.45, 7) is 3.30. The van der Waals surface area contributed by atoms with E-state index in [0.717, 1.165) is 22.9 Å². The van der Waals surface area contributed by atoms with Gasteiger partial charge in [-0.25, -0.2) is 4.98 Å². The highest BCUT2D eigenvalue weighted by Crippen LogP contribution is 2.31. The van der Waals surface area contributed by atoms with Crippen LogP contribution in [0.4, 0.5) is 5.82 Å². The van der Waals surface area contributed by atoms with Gasteiger partial charge in [0.2, 0.25) is 0 Å². The van der Waals surface area contributed by atoms with Crippen LogP contribution in [-0.2, 0) is 5.88 Å². The second-order valence-corrected chi connectivity index (χ2v) is 5.59. The van der Waals surface area contributed by atoms with E-state index in [9.17, 15) is 0 Å². The fraction of sp³-hybridized carbons (Fsp3) is 0.643. The number of hydrogen-bond donors (Lipinski definition) is 0. The zero-order valence-electron chi connectivity index (χ0n) is 10.8. The maximum absolute atomic E-state index is 6.34. The van der Waals surface area contributed by atoms with Crippen molar-refractivity contribution in [3.05, 3.63) is 22.8 Å². The molecular weight excluding hydrogens is 267 g/mol. The molecule has 2 rings (SSSR count). The van der Waals surface area contributed by atoms with E-state index in [1.54, 1.807) is 0 Å². The smallest absolute Gasteiger partial charge is 0.147 e. The largest absolute Gasteiger partial charge is 0.352 e. The molecule has 1 aliphatic heterocycles. The summed E-state index contributed by atoms with van der Waals surface area (Å²) in [5.74, 6) is 1.40. The van der Waals surface area contributed by atoms with E-state index in [2.05, 4.69) is 16.8 Å². The lowest BCUT2D eigenvalue weighted by Gasteiger charge is -2.37. The number of pyridine rings is 1.